The van der Waals surface area contributed by atoms with E-state index in [9.17, 15) is 0 Å². The normalized spacial score (nSPS) is 27.1. The second-order valence-corrected chi connectivity index (χ2v) is 5.56. The van der Waals surface area contributed by atoms with Crippen LogP contribution in [-0.4, -0.2) is 19.7 Å². The van der Waals surface area contributed by atoms with Gasteiger partial charge in [-0.25, -0.2) is 0 Å². The van der Waals surface area contributed by atoms with Gasteiger partial charge in [-0.15, -0.1) is 0 Å². The van der Waals surface area contributed by atoms with Crippen LogP contribution in [0, 0.1) is 5.41 Å². The predicted molar refractivity (Wildman–Crippen MR) is 68.1 cm³/mol. The molecule has 1 atom stereocenters. The largest absolute Gasteiger partial charge is 0.493 e. The molecule has 2 heterocycles. The molecule has 0 bridgehead atoms. The summed E-state index contributed by atoms with van der Waals surface area (Å²) in [4.78, 5) is 0. The monoisotopic (exact) mass is 232 g/mol. The topological polar surface area (TPSA) is 33.3 Å². The van der Waals surface area contributed by atoms with Crippen LogP contribution in [0.4, 0.5) is 0 Å². The lowest BCUT2D eigenvalue weighted by molar-refractivity contribution is 0.180. The van der Waals surface area contributed by atoms with Gasteiger partial charge in [-0.05, 0) is 36.2 Å². The van der Waals surface area contributed by atoms with Gasteiger partial charge in [0.05, 0.1) is 6.61 Å². The number of hydrogen-bond acceptors (Lipinski definition) is 3. The van der Waals surface area contributed by atoms with Gasteiger partial charge in [0, 0.05) is 25.0 Å². The Morgan fingerprint density at radius 3 is 2.94 bits per heavy atom. The average Bonchev–Trinajstić information content (AvgIpc) is 2.95. The first-order valence-corrected chi connectivity index (χ1v) is 6.41. The van der Waals surface area contributed by atoms with Gasteiger partial charge in [0.1, 0.15) is 5.75 Å². The van der Waals surface area contributed by atoms with E-state index in [1.807, 2.05) is 0 Å². The Bertz CT molecular complexity index is 411. The van der Waals surface area contributed by atoms with Gasteiger partial charge in [0.25, 0.3) is 0 Å². The molecule has 1 unspecified atom stereocenters. The fourth-order valence-electron chi connectivity index (χ4n) is 2.61. The molecule has 2 aliphatic rings. The van der Waals surface area contributed by atoms with Crippen LogP contribution in [0.3, 0.4) is 0 Å². The highest BCUT2D eigenvalue weighted by Gasteiger charge is 2.29. The minimum atomic E-state index is 0.303. The maximum Gasteiger partial charge on any atom is 0.119 e. The number of benzene rings is 1. The minimum absolute atomic E-state index is 0.303. The number of rotatable bonds is 3. The molecule has 2 aliphatic heterocycles. The van der Waals surface area contributed by atoms with E-state index >= 15 is 0 Å². The molecular formula is C14H20N2O. The van der Waals surface area contributed by atoms with E-state index in [2.05, 4.69) is 35.8 Å². The molecule has 0 radical (unpaired) electrons. The summed E-state index contributed by atoms with van der Waals surface area (Å²) in [6.07, 6.45) is 1.21. The average molecular weight is 232 g/mol. The van der Waals surface area contributed by atoms with Gasteiger partial charge >= 0.3 is 0 Å². The third kappa shape index (κ3) is 2.31. The van der Waals surface area contributed by atoms with Crippen LogP contribution in [0.5, 0.6) is 5.75 Å². The summed E-state index contributed by atoms with van der Waals surface area (Å²) in [6, 6.07) is 6.46. The van der Waals surface area contributed by atoms with Crippen molar-refractivity contribution in [2.45, 2.75) is 26.4 Å². The van der Waals surface area contributed by atoms with Gasteiger partial charge in [-0.2, -0.15) is 0 Å². The van der Waals surface area contributed by atoms with E-state index in [0.717, 1.165) is 38.5 Å². The molecule has 0 aliphatic carbocycles. The highest BCUT2D eigenvalue weighted by Crippen LogP contribution is 2.27. The molecule has 1 fully saturated rings. The Hall–Kier alpha value is -1.06. The maximum atomic E-state index is 5.95. The van der Waals surface area contributed by atoms with E-state index in [0.29, 0.717) is 5.41 Å². The lowest BCUT2D eigenvalue weighted by Crippen LogP contribution is -2.27. The van der Waals surface area contributed by atoms with Crippen LogP contribution in [0.15, 0.2) is 18.2 Å². The second kappa shape index (κ2) is 4.31. The van der Waals surface area contributed by atoms with Crippen LogP contribution in [-0.2, 0) is 13.1 Å². The van der Waals surface area contributed by atoms with Crippen molar-refractivity contribution in [3.8, 4) is 5.75 Å². The summed E-state index contributed by atoms with van der Waals surface area (Å²) in [5, 5.41) is 6.75. The van der Waals surface area contributed by atoms with E-state index in [-0.39, 0.29) is 0 Å². The zero-order chi connectivity index (χ0) is 11.7. The highest BCUT2D eigenvalue weighted by molar-refractivity contribution is 5.37. The number of ether oxygens (including phenoxy) is 1. The smallest absolute Gasteiger partial charge is 0.119 e. The van der Waals surface area contributed by atoms with Crippen LogP contribution in [0.2, 0.25) is 0 Å². The first-order valence-electron chi connectivity index (χ1n) is 6.41. The molecule has 3 nitrogen and oxygen atoms in total. The van der Waals surface area contributed by atoms with Crippen molar-refractivity contribution in [3.05, 3.63) is 29.3 Å². The molecule has 1 aromatic rings. The lowest BCUT2D eigenvalue weighted by atomic mass is 9.91. The van der Waals surface area contributed by atoms with E-state index in [1.165, 1.54) is 17.5 Å². The zero-order valence-electron chi connectivity index (χ0n) is 10.4. The van der Waals surface area contributed by atoms with Crippen LogP contribution in [0.25, 0.3) is 0 Å². The number of nitrogens with one attached hydrogen (secondary N) is 2. The van der Waals surface area contributed by atoms with Crippen molar-refractivity contribution >= 4 is 0 Å². The Balaban J connectivity index is 1.65. The maximum absolute atomic E-state index is 5.95. The summed E-state index contributed by atoms with van der Waals surface area (Å²) in [6.45, 7) is 7.27. The van der Waals surface area contributed by atoms with Crippen molar-refractivity contribution in [3.63, 3.8) is 0 Å². The molecule has 3 heteroatoms. The van der Waals surface area contributed by atoms with Crippen molar-refractivity contribution in [1.82, 2.24) is 10.6 Å². The lowest BCUT2D eigenvalue weighted by Gasteiger charge is -2.22. The Morgan fingerprint density at radius 1 is 1.24 bits per heavy atom. The van der Waals surface area contributed by atoms with Gasteiger partial charge in [-0.1, -0.05) is 13.0 Å². The summed E-state index contributed by atoms with van der Waals surface area (Å²) in [5.74, 6) is 1.01. The standard InChI is InChI=1S/C14H20N2O/c1-14(4-5-15-9-14)10-17-13-3-2-11-7-16-8-12(11)6-13/h2-3,6,15-16H,4-5,7-10H2,1H3. The fraction of sp³-hybridized carbons (Fsp3) is 0.571. The Labute approximate surface area is 103 Å². The van der Waals surface area contributed by atoms with Crippen molar-refractivity contribution in [2.24, 2.45) is 5.41 Å². The number of fused-ring (bicyclic) bond motifs is 1. The molecule has 0 amide bonds. The molecule has 0 saturated carbocycles. The third-order valence-corrected chi connectivity index (χ3v) is 3.85. The molecule has 92 valence electrons. The summed E-state index contributed by atoms with van der Waals surface area (Å²) in [7, 11) is 0. The van der Waals surface area contributed by atoms with Gasteiger partial charge < -0.3 is 15.4 Å². The predicted octanol–water partition coefficient (Wildman–Crippen LogP) is 1.67. The van der Waals surface area contributed by atoms with Gasteiger partial charge in [-0.3, -0.25) is 0 Å². The van der Waals surface area contributed by atoms with Crippen LogP contribution >= 0.6 is 0 Å². The van der Waals surface area contributed by atoms with Crippen molar-refractivity contribution in [1.29, 1.82) is 0 Å². The quantitative estimate of drug-likeness (QED) is 0.831. The molecule has 3 rings (SSSR count). The van der Waals surface area contributed by atoms with E-state index < -0.39 is 0 Å². The van der Waals surface area contributed by atoms with E-state index in [1.54, 1.807) is 0 Å². The number of hydrogen-bond donors (Lipinski definition) is 2. The molecule has 1 saturated heterocycles. The Kier molecular flexibility index (Phi) is 2.81. The zero-order valence-corrected chi connectivity index (χ0v) is 10.4. The molecule has 2 N–H and O–H groups in total. The summed E-state index contributed by atoms with van der Waals surface area (Å²) in [5.41, 5.74) is 3.10. The SMILES string of the molecule is CC1(COc2ccc3c(c2)CNC3)CCNC1. The van der Waals surface area contributed by atoms with Gasteiger partial charge in [0.15, 0.2) is 0 Å². The first-order chi connectivity index (χ1) is 8.25. The van der Waals surface area contributed by atoms with Crippen molar-refractivity contribution < 1.29 is 4.74 Å². The first kappa shape index (κ1) is 11.1. The summed E-state index contributed by atoms with van der Waals surface area (Å²) >= 11 is 0. The summed E-state index contributed by atoms with van der Waals surface area (Å²) < 4.78 is 5.95. The van der Waals surface area contributed by atoms with Crippen LogP contribution in [0.1, 0.15) is 24.5 Å². The van der Waals surface area contributed by atoms with Gasteiger partial charge in [0.2, 0.25) is 0 Å². The second-order valence-electron chi connectivity index (χ2n) is 5.56. The molecule has 17 heavy (non-hydrogen) atoms. The Morgan fingerprint density at radius 2 is 2.12 bits per heavy atom. The molecule has 0 spiro atoms. The highest BCUT2D eigenvalue weighted by atomic mass is 16.5. The fourth-order valence-corrected chi connectivity index (χ4v) is 2.61. The van der Waals surface area contributed by atoms with E-state index in [4.69, 9.17) is 4.74 Å². The molecule has 1 aromatic carbocycles. The molecule has 0 aromatic heterocycles. The van der Waals surface area contributed by atoms with Crippen LogP contribution < -0.4 is 15.4 Å². The van der Waals surface area contributed by atoms with Crippen molar-refractivity contribution in [2.75, 3.05) is 19.7 Å². The minimum Gasteiger partial charge on any atom is -0.493 e. The third-order valence-electron chi connectivity index (χ3n) is 3.85. The molecular weight excluding hydrogens is 212 g/mol.